The molecule has 0 aliphatic heterocycles. The molecule has 0 saturated carbocycles. The predicted octanol–water partition coefficient (Wildman–Crippen LogP) is 1.89. The summed E-state index contributed by atoms with van der Waals surface area (Å²) in [5.41, 5.74) is 1.16. The van der Waals surface area contributed by atoms with Gasteiger partial charge < -0.3 is 5.32 Å². The summed E-state index contributed by atoms with van der Waals surface area (Å²) in [5.74, 6) is 0. The van der Waals surface area contributed by atoms with Crippen LogP contribution in [-0.4, -0.2) is 18.1 Å². The summed E-state index contributed by atoms with van der Waals surface area (Å²) < 4.78 is 0. The van der Waals surface area contributed by atoms with Crippen LogP contribution in [0.4, 0.5) is 0 Å². The second kappa shape index (κ2) is 5.12. The zero-order chi connectivity index (χ0) is 8.81. The van der Waals surface area contributed by atoms with Crippen molar-refractivity contribution in [1.82, 2.24) is 10.3 Å². The molecule has 0 amide bonds. The van der Waals surface area contributed by atoms with Gasteiger partial charge in [0.1, 0.15) is 0 Å². The Morgan fingerprint density at radius 1 is 1.58 bits per heavy atom. The van der Waals surface area contributed by atoms with Crippen molar-refractivity contribution in [3.05, 3.63) is 29.0 Å². The molecule has 66 valence electrons. The van der Waals surface area contributed by atoms with Crippen LogP contribution < -0.4 is 5.32 Å². The second-order valence-electron chi connectivity index (χ2n) is 2.57. The number of likely N-dealkylation sites (N-methyl/N-ethyl adjacent to an activating group) is 1. The minimum atomic E-state index is 0.760. The molecule has 0 unspecified atom stereocenters. The van der Waals surface area contributed by atoms with Gasteiger partial charge in [-0.2, -0.15) is 0 Å². The Morgan fingerprint density at radius 2 is 2.42 bits per heavy atom. The Labute approximate surface area is 78.0 Å². The van der Waals surface area contributed by atoms with E-state index in [9.17, 15) is 0 Å². The molecule has 12 heavy (non-hydrogen) atoms. The maximum absolute atomic E-state index is 5.91. The lowest BCUT2D eigenvalue weighted by Crippen LogP contribution is -2.16. The van der Waals surface area contributed by atoms with Gasteiger partial charge in [0.25, 0.3) is 0 Å². The van der Waals surface area contributed by atoms with Crippen LogP contribution in [-0.2, 0) is 6.42 Å². The number of halogens is 1. The standard InChI is InChI=1S/C9H13ClN2/c1-2-11-5-3-8-4-6-12-7-9(8)10/h4,6-7,11H,2-3,5H2,1H3. The molecule has 0 spiro atoms. The van der Waals surface area contributed by atoms with E-state index in [0.29, 0.717) is 0 Å². The van der Waals surface area contributed by atoms with E-state index in [0.717, 1.165) is 30.1 Å². The van der Waals surface area contributed by atoms with Gasteiger partial charge in [-0.05, 0) is 31.1 Å². The van der Waals surface area contributed by atoms with E-state index in [2.05, 4.69) is 17.2 Å². The Kier molecular flexibility index (Phi) is 4.05. The molecule has 0 aliphatic rings. The van der Waals surface area contributed by atoms with Crippen LogP contribution in [0.2, 0.25) is 5.02 Å². The summed E-state index contributed by atoms with van der Waals surface area (Å²) in [6, 6.07) is 1.96. The molecule has 0 aliphatic carbocycles. The van der Waals surface area contributed by atoms with E-state index in [1.807, 2.05) is 6.07 Å². The first kappa shape index (κ1) is 9.49. The van der Waals surface area contributed by atoms with Gasteiger partial charge in [-0.3, -0.25) is 4.98 Å². The lowest BCUT2D eigenvalue weighted by molar-refractivity contribution is 0.716. The number of hydrogen-bond acceptors (Lipinski definition) is 2. The molecule has 1 aromatic heterocycles. The van der Waals surface area contributed by atoms with Gasteiger partial charge >= 0.3 is 0 Å². The third-order valence-corrected chi connectivity index (χ3v) is 2.02. The summed E-state index contributed by atoms with van der Waals surface area (Å²) >= 11 is 5.91. The maximum atomic E-state index is 5.91. The van der Waals surface area contributed by atoms with Crippen LogP contribution in [0.3, 0.4) is 0 Å². The number of pyridine rings is 1. The number of hydrogen-bond donors (Lipinski definition) is 1. The molecule has 1 heterocycles. The third-order valence-electron chi connectivity index (χ3n) is 1.68. The highest BCUT2D eigenvalue weighted by molar-refractivity contribution is 6.31. The molecular weight excluding hydrogens is 172 g/mol. The van der Waals surface area contributed by atoms with Crippen LogP contribution in [0.25, 0.3) is 0 Å². The van der Waals surface area contributed by atoms with Crippen molar-refractivity contribution < 1.29 is 0 Å². The first-order chi connectivity index (χ1) is 5.84. The molecule has 1 aromatic rings. The van der Waals surface area contributed by atoms with Crippen LogP contribution in [0.1, 0.15) is 12.5 Å². The normalized spacial score (nSPS) is 10.2. The minimum Gasteiger partial charge on any atom is -0.317 e. The zero-order valence-corrected chi connectivity index (χ0v) is 7.93. The van der Waals surface area contributed by atoms with Gasteiger partial charge in [0.05, 0.1) is 5.02 Å². The minimum absolute atomic E-state index is 0.760. The highest BCUT2D eigenvalue weighted by atomic mass is 35.5. The molecule has 0 fully saturated rings. The SMILES string of the molecule is CCNCCc1ccncc1Cl. The monoisotopic (exact) mass is 184 g/mol. The largest absolute Gasteiger partial charge is 0.317 e. The Morgan fingerprint density at radius 3 is 3.08 bits per heavy atom. The topological polar surface area (TPSA) is 24.9 Å². The molecule has 0 bridgehead atoms. The van der Waals surface area contributed by atoms with E-state index in [-0.39, 0.29) is 0 Å². The first-order valence-corrected chi connectivity index (χ1v) is 4.51. The molecule has 2 nitrogen and oxygen atoms in total. The van der Waals surface area contributed by atoms with E-state index in [4.69, 9.17) is 11.6 Å². The molecule has 1 rings (SSSR count). The van der Waals surface area contributed by atoms with E-state index in [1.54, 1.807) is 12.4 Å². The zero-order valence-electron chi connectivity index (χ0n) is 7.18. The van der Waals surface area contributed by atoms with Gasteiger partial charge in [-0.1, -0.05) is 18.5 Å². The third kappa shape index (κ3) is 2.80. The van der Waals surface area contributed by atoms with E-state index >= 15 is 0 Å². The number of nitrogens with zero attached hydrogens (tertiary/aromatic N) is 1. The lowest BCUT2D eigenvalue weighted by atomic mass is 10.2. The Hall–Kier alpha value is -0.600. The van der Waals surface area contributed by atoms with Crippen LogP contribution >= 0.6 is 11.6 Å². The van der Waals surface area contributed by atoms with Crippen molar-refractivity contribution in [1.29, 1.82) is 0 Å². The van der Waals surface area contributed by atoms with Crippen molar-refractivity contribution in [3.8, 4) is 0 Å². The fourth-order valence-corrected chi connectivity index (χ4v) is 1.22. The summed E-state index contributed by atoms with van der Waals surface area (Å²) in [6.45, 7) is 4.07. The lowest BCUT2D eigenvalue weighted by Gasteiger charge is -2.02. The Balaban J connectivity index is 2.46. The van der Waals surface area contributed by atoms with Gasteiger partial charge in [-0.15, -0.1) is 0 Å². The van der Waals surface area contributed by atoms with Gasteiger partial charge in [0.15, 0.2) is 0 Å². The molecule has 1 N–H and O–H groups in total. The summed E-state index contributed by atoms with van der Waals surface area (Å²) in [5, 5.41) is 4.00. The van der Waals surface area contributed by atoms with Crippen molar-refractivity contribution >= 4 is 11.6 Å². The molecule has 0 radical (unpaired) electrons. The van der Waals surface area contributed by atoms with Crippen molar-refractivity contribution in [2.75, 3.05) is 13.1 Å². The molecular formula is C9H13ClN2. The fourth-order valence-electron chi connectivity index (χ4n) is 1.01. The highest BCUT2D eigenvalue weighted by Gasteiger charge is 1.97. The van der Waals surface area contributed by atoms with Crippen LogP contribution in [0.15, 0.2) is 18.5 Å². The van der Waals surface area contributed by atoms with Crippen LogP contribution in [0.5, 0.6) is 0 Å². The molecule has 0 saturated heterocycles. The quantitative estimate of drug-likeness (QED) is 0.723. The molecule has 0 atom stereocenters. The van der Waals surface area contributed by atoms with Gasteiger partial charge in [0, 0.05) is 12.4 Å². The highest BCUT2D eigenvalue weighted by Crippen LogP contribution is 2.12. The average molecular weight is 185 g/mol. The van der Waals surface area contributed by atoms with E-state index in [1.165, 1.54) is 0 Å². The van der Waals surface area contributed by atoms with Crippen molar-refractivity contribution in [2.45, 2.75) is 13.3 Å². The number of rotatable bonds is 4. The Bertz CT molecular complexity index is 238. The predicted molar refractivity (Wildman–Crippen MR) is 51.5 cm³/mol. The summed E-state index contributed by atoms with van der Waals surface area (Å²) in [6.07, 6.45) is 4.42. The summed E-state index contributed by atoms with van der Waals surface area (Å²) in [4.78, 5) is 3.92. The second-order valence-corrected chi connectivity index (χ2v) is 2.98. The molecule has 0 aromatic carbocycles. The van der Waals surface area contributed by atoms with E-state index < -0.39 is 0 Å². The fraction of sp³-hybridized carbons (Fsp3) is 0.444. The first-order valence-electron chi connectivity index (χ1n) is 4.13. The smallest absolute Gasteiger partial charge is 0.0621 e. The average Bonchev–Trinajstić information content (AvgIpc) is 2.09. The summed E-state index contributed by atoms with van der Waals surface area (Å²) in [7, 11) is 0. The number of nitrogens with one attached hydrogen (secondary N) is 1. The number of aromatic nitrogens is 1. The van der Waals surface area contributed by atoms with Gasteiger partial charge in [0.2, 0.25) is 0 Å². The van der Waals surface area contributed by atoms with Gasteiger partial charge in [-0.25, -0.2) is 0 Å². The van der Waals surface area contributed by atoms with Crippen molar-refractivity contribution in [3.63, 3.8) is 0 Å². The van der Waals surface area contributed by atoms with Crippen molar-refractivity contribution in [2.24, 2.45) is 0 Å². The maximum Gasteiger partial charge on any atom is 0.0621 e. The molecule has 3 heteroatoms. The van der Waals surface area contributed by atoms with Crippen LogP contribution in [0, 0.1) is 0 Å².